The number of hydrogen-bond donors (Lipinski definition) is 2. The van der Waals surface area contributed by atoms with Crippen molar-refractivity contribution in [3.8, 4) is 0 Å². The highest BCUT2D eigenvalue weighted by atomic mass is 16.4. The summed E-state index contributed by atoms with van der Waals surface area (Å²) < 4.78 is 0. The van der Waals surface area contributed by atoms with E-state index in [4.69, 9.17) is 5.11 Å². The van der Waals surface area contributed by atoms with Gasteiger partial charge in [-0.3, -0.25) is 4.79 Å². The van der Waals surface area contributed by atoms with E-state index in [1.165, 1.54) is 0 Å². The van der Waals surface area contributed by atoms with Crippen LogP contribution >= 0.6 is 0 Å². The zero-order chi connectivity index (χ0) is 11.4. The minimum atomic E-state index is -1.01. The number of amides is 2. The van der Waals surface area contributed by atoms with Crippen molar-refractivity contribution in [2.45, 2.75) is 32.7 Å². The van der Waals surface area contributed by atoms with Crippen LogP contribution in [0.25, 0.3) is 0 Å². The van der Waals surface area contributed by atoms with E-state index in [9.17, 15) is 9.59 Å². The fourth-order valence-corrected chi connectivity index (χ4v) is 1.87. The van der Waals surface area contributed by atoms with Gasteiger partial charge in [-0.15, -0.1) is 0 Å². The van der Waals surface area contributed by atoms with Crippen molar-refractivity contribution in [2.24, 2.45) is 5.92 Å². The van der Waals surface area contributed by atoms with Gasteiger partial charge in [0.2, 0.25) is 0 Å². The van der Waals surface area contributed by atoms with Crippen molar-refractivity contribution in [1.29, 1.82) is 0 Å². The molecular formula is C10H18N2O3. The van der Waals surface area contributed by atoms with Gasteiger partial charge in [0.15, 0.2) is 0 Å². The molecule has 1 rings (SSSR count). The Hall–Kier alpha value is -1.26. The van der Waals surface area contributed by atoms with Gasteiger partial charge in [0, 0.05) is 12.6 Å². The number of carboxylic acid groups (broad SMARTS) is 1. The molecule has 1 fully saturated rings. The second-order valence-corrected chi connectivity index (χ2v) is 4.11. The van der Waals surface area contributed by atoms with Gasteiger partial charge in [-0.2, -0.15) is 0 Å². The van der Waals surface area contributed by atoms with Crippen molar-refractivity contribution < 1.29 is 14.7 Å². The summed E-state index contributed by atoms with van der Waals surface area (Å²) in [6.45, 7) is 4.53. The molecule has 0 saturated carbocycles. The van der Waals surface area contributed by atoms with E-state index >= 15 is 0 Å². The number of nitrogens with zero attached hydrogens (tertiary/aromatic N) is 1. The molecule has 0 aromatic rings. The molecule has 5 heteroatoms. The fraction of sp³-hybridized carbons (Fsp3) is 0.800. The van der Waals surface area contributed by atoms with E-state index in [1.54, 1.807) is 4.90 Å². The van der Waals surface area contributed by atoms with Crippen molar-refractivity contribution in [3.05, 3.63) is 0 Å². The Labute approximate surface area is 89.4 Å². The molecular weight excluding hydrogens is 196 g/mol. The molecule has 2 unspecified atom stereocenters. The molecule has 0 spiro atoms. The predicted molar refractivity (Wildman–Crippen MR) is 55.6 cm³/mol. The standard InChI is InChI=1S/C10H18N2O3/c1-7-4-3-5-12(8(7)2)10(15)11-6-9(13)14/h7-8H,3-6H2,1-2H3,(H,11,15)(H,13,14). The lowest BCUT2D eigenvalue weighted by Gasteiger charge is -2.37. The summed E-state index contributed by atoms with van der Waals surface area (Å²) in [4.78, 5) is 23.6. The van der Waals surface area contributed by atoms with E-state index in [0.717, 1.165) is 19.4 Å². The molecule has 2 atom stereocenters. The van der Waals surface area contributed by atoms with Crippen molar-refractivity contribution in [2.75, 3.05) is 13.1 Å². The smallest absolute Gasteiger partial charge is 0.323 e. The molecule has 5 nitrogen and oxygen atoms in total. The first kappa shape index (κ1) is 11.8. The van der Waals surface area contributed by atoms with Crippen LogP contribution in [0.4, 0.5) is 4.79 Å². The Balaban J connectivity index is 2.47. The number of piperidine rings is 1. The average molecular weight is 214 g/mol. The Kier molecular flexibility index (Phi) is 3.94. The molecule has 2 amide bonds. The highest BCUT2D eigenvalue weighted by molar-refractivity contribution is 5.80. The molecule has 15 heavy (non-hydrogen) atoms. The lowest BCUT2D eigenvalue weighted by Crippen LogP contribution is -2.51. The number of carbonyl (C=O) groups excluding carboxylic acids is 1. The molecule has 0 bridgehead atoms. The molecule has 1 aliphatic rings. The van der Waals surface area contributed by atoms with Gasteiger partial charge in [0.1, 0.15) is 6.54 Å². The monoisotopic (exact) mass is 214 g/mol. The fourth-order valence-electron chi connectivity index (χ4n) is 1.87. The molecule has 2 N–H and O–H groups in total. The van der Waals surface area contributed by atoms with Crippen molar-refractivity contribution >= 4 is 12.0 Å². The summed E-state index contributed by atoms with van der Waals surface area (Å²) in [5, 5.41) is 10.8. The first-order valence-electron chi connectivity index (χ1n) is 5.28. The van der Waals surface area contributed by atoms with Crippen LogP contribution in [0.1, 0.15) is 26.7 Å². The van der Waals surface area contributed by atoms with Crippen molar-refractivity contribution in [3.63, 3.8) is 0 Å². The van der Waals surface area contributed by atoms with Crippen LogP contribution in [0.15, 0.2) is 0 Å². The van der Waals surface area contributed by atoms with Gasteiger partial charge in [-0.05, 0) is 25.7 Å². The van der Waals surface area contributed by atoms with Gasteiger partial charge < -0.3 is 15.3 Å². The Morgan fingerprint density at radius 3 is 2.73 bits per heavy atom. The highest BCUT2D eigenvalue weighted by Crippen LogP contribution is 2.22. The summed E-state index contributed by atoms with van der Waals surface area (Å²) in [5.74, 6) is -0.532. The topological polar surface area (TPSA) is 69.6 Å². The van der Waals surface area contributed by atoms with E-state index < -0.39 is 5.97 Å². The lowest BCUT2D eigenvalue weighted by molar-refractivity contribution is -0.135. The van der Waals surface area contributed by atoms with Gasteiger partial charge in [0.25, 0.3) is 0 Å². The zero-order valence-corrected chi connectivity index (χ0v) is 9.19. The van der Waals surface area contributed by atoms with Crippen LogP contribution < -0.4 is 5.32 Å². The molecule has 1 aliphatic heterocycles. The third-order valence-corrected chi connectivity index (χ3v) is 3.03. The molecule has 0 aromatic heterocycles. The number of urea groups is 1. The lowest BCUT2D eigenvalue weighted by atomic mass is 9.92. The second-order valence-electron chi connectivity index (χ2n) is 4.11. The van der Waals surface area contributed by atoms with E-state index in [2.05, 4.69) is 12.2 Å². The number of hydrogen-bond acceptors (Lipinski definition) is 2. The minimum absolute atomic E-state index is 0.188. The minimum Gasteiger partial charge on any atom is -0.480 e. The zero-order valence-electron chi connectivity index (χ0n) is 9.19. The summed E-state index contributed by atoms with van der Waals surface area (Å²) in [7, 11) is 0. The molecule has 0 aliphatic carbocycles. The van der Waals surface area contributed by atoms with E-state index in [1.807, 2.05) is 6.92 Å². The number of carbonyl (C=O) groups is 2. The molecule has 0 radical (unpaired) electrons. The first-order chi connectivity index (χ1) is 7.02. The molecule has 0 aromatic carbocycles. The maximum atomic E-state index is 11.6. The van der Waals surface area contributed by atoms with E-state index in [0.29, 0.717) is 5.92 Å². The maximum Gasteiger partial charge on any atom is 0.323 e. The molecule has 86 valence electrons. The quantitative estimate of drug-likeness (QED) is 0.717. The average Bonchev–Trinajstić information content (AvgIpc) is 2.18. The van der Waals surface area contributed by atoms with Crippen LogP contribution in [0, 0.1) is 5.92 Å². The Morgan fingerprint density at radius 1 is 1.47 bits per heavy atom. The van der Waals surface area contributed by atoms with Gasteiger partial charge in [-0.25, -0.2) is 4.79 Å². The summed E-state index contributed by atoms with van der Waals surface area (Å²) in [5.41, 5.74) is 0. The van der Waals surface area contributed by atoms with Crippen LogP contribution in [-0.2, 0) is 4.79 Å². The summed E-state index contributed by atoms with van der Waals surface area (Å²) in [6.07, 6.45) is 2.12. The highest BCUT2D eigenvalue weighted by Gasteiger charge is 2.28. The number of nitrogens with one attached hydrogen (secondary N) is 1. The number of carboxylic acids is 1. The van der Waals surface area contributed by atoms with Gasteiger partial charge in [-0.1, -0.05) is 6.92 Å². The number of aliphatic carboxylic acids is 1. The SMILES string of the molecule is CC1CCCN(C(=O)NCC(=O)O)C1C. The maximum absolute atomic E-state index is 11.6. The van der Waals surface area contributed by atoms with Crippen LogP contribution in [0.3, 0.4) is 0 Å². The van der Waals surface area contributed by atoms with Crippen molar-refractivity contribution in [1.82, 2.24) is 10.2 Å². The normalized spacial score (nSPS) is 26.1. The summed E-state index contributed by atoms with van der Waals surface area (Å²) >= 11 is 0. The first-order valence-corrected chi connectivity index (χ1v) is 5.28. The van der Waals surface area contributed by atoms with Gasteiger partial charge in [0.05, 0.1) is 0 Å². The van der Waals surface area contributed by atoms with E-state index in [-0.39, 0.29) is 18.6 Å². The molecule has 1 saturated heterocycles. The van der Waals surface area contributed by atoms with Crippen LogP contribution in [-0.4, -0.2) is 41.1 Å². The Morgan fingerprint density at radius 2 is 2.13 bits per heavy atom. The third-order valence-electron chi connectivity index (χ3n) is 3.03. The predicted octanol–water partition coefficient (Wildman–Crippen LogP) is 0.901. The number of likely N-dealkylation sites (tertiary alicyclic amines) is 1. The second kappa shape index (κ2) is 5.00. The molecule has 1 heterocycles. The van der Waals surface area contributed by atoms with Crippen LogP contribution in [0.5, 0.6) is 0 Å². The Bertz CT molecular complexity index is 255. The largest absolute Gasteiger partial charge is 0.480 e. The third kappa shape index (κ3) is 3.11. The summed E-state index contributed by atoms with van der Waals surface area (Å²) in [6, 6.07) is -0.0796. The van der Waals surface area contributed by atoms with Crippen LogP contribution in [0.2, 0.25) is 0 Å². The number of rotatable bonds is 2. The van der Waals surface area contributed by atoms with Gasteiger partial charge >= 0.3 is 12.0 Å².